The molecule has 5 fully saturated rings. The molecule has 10 heteroatoms. The minimum absolute atomic E-state index is 0.00757. The largest absolute Gasteiger partial charge is 0.377 e. The molecule has 0 aromatic carbocycles. The highest BCUT2D eigenvalue weighted by Crippen LogP contribution is 2.45. The van der Waals surface area contributed by atoms with Crippen molar-refractivity contribution < 1.29 is 19.0 Å². The summed E-state index contributed by atoms with van der Waals surface area (Å²) in [6.45, 7) is 5.23. The van der Waals surface area contributed by atoms with Gasteiger partial charge in [-0.3, -0.25) is 4.84 Å². The van der Waals surface area contributed by atoms with E-state index in [1.807, 2.05) is 13.8 Å². The van der Waals surface area contributed by atoms with Gasteiger partial charge in [-0.15, -0.1) is 46.4 Å². The van der Waals surface area contributed by atoms with Crippen molar-refractivity contribution in [3.05, 3.63) is 0 Å². The van der Waals surface area contributed by atoms with Gasteiger partial charge in [-0.2, -0.15) is 5.06 Å². The molecule has 0 aromatic heterocycles. The number of rotatable bonds is 4. The van der Waals surface area contributed by atoms with Gasteiger partial charge in [0.1, 0.15) is 0 Å². The third kappa shape index (κ3) is 4.44. The second-order valence-electron chi connectivity index (χ2n) is 9.73. The van der Waals surface area contributed by atoms with Gasteiger partial charge in [0.15, 0.2) is 0 Å². The normalized spacial score (nSPS) is 53.6. The molecule has 13 atom stereocenters. The first-order chi connectivity index (χ1) is 15.4. The maximum absolute atomic E-state index is 7.16. The Kier molecular flexibility index (Phi) is 7.78. The zero-order chi connectivity index (χ0) is 22.6. The van der Waals surface area contributed by atoms with Crippen molar-refractivity contribution in [2.75, 3.05) is 13.2 Å². The van der Waals surface area contributed by atoms with E-state index in [1.54, 1.807) is 0 Å². The predicted octanol–water partition coefficient (Wildman–Crippen LogP) is 3.66. The highest BCUT2D eigenvalue weighted by Gasteiger charge is 2.58. The van der Waals surface area contributed by atoms with Crippen molar-refractivity contribution in [3.8, 4) is 0 Å². The van der Waals surface area contributed by atoms with Crippen LogP contribution < -0.4 is 5.32 Å². The van der Waals surface area contributed by atoms with Crippen molar-refractivity contribution in [1.82, 2.24) is 10.4 Å². The summed E-state index contributed by atoms with van der Waals surface area (Å²) in [5.74, 6) is 0. The maximum atomic E-state index is 7.16. The molecule has 32 heavy (non-hydrogen) atoms. The van der Waals surface area contributed by atoms with Gasteiger partial charge in [0.05, 0.1) is 70.7 Å². The minimum atomic E-state index is -0.276. The Labute approximate surface area is 210 Å². The topological polar surface area (TPSA) is 52.2 Å². The molecule has 184 valence electrons. The van der Waals surface area contributed by atoms with Crippen LogP contribution in [0, 0.1) is 0 Å². The smallest absolute Gasteiger partial charge is 0.0914 e. The molecule has 6 nitrogen and oxygen atoms in total. The standard InChI is InChI=1S/C22H34Cl4N2O4/c1-3-29-16-9-17-13(5-12(16)25)27-14-8-19-21(20(26)22(14)32-17)28(30-4-2)15-6-10(23)11(24)7-18(15)31-19/h10-22,27H,3-9H2,1-2H3. The summed E-state index contributed by atoms with van der Waals surface area (Å²) in [5, 5.41) is 5.39. The van der Waals surface area contributed by atoms with Crippen LogP contribution in [0.1, 0.15) is 46.0 Å². The van der Waals surface area contributed by atoms with Crippen LogP contribution in [0.5, 0.6) is 0 Å². The van der Waals surface area contributed by atoms with Crippen LogP contribution in [-0.2, 0) is 19.0 Å². The van der Waals surface area contributed by atoms with Crippen molar-refractivity contribution in [2.45, 2.75) is 122 Å². The number of alkyl halides is 4. The molecule has 3 saturated carbocycles. The van der Waals surface area contributed by atoms with E-state index in [0.29, 0.717) is 13.2 Å². The van der Waals surface area contributed by atoms with Crippen molar-refractivity contribution >= 4 is 46.4 Å². The SMILES string of the molecule is CCOC1CC2OC3C(CC4OC5CC(Cl)C(Cl)CC5N(OCC)C4C3Cl)NC2CC1Cl. The fourth-order valence-corrected chi connectivity index (χ4v) is 7.88. The minimum Gasteiger partial charge on any atom is -0.377 e. The summed E-state index contributed by atoms with van der Waals surface area (Å²) in [6.07, 6.45) is 3.71. The number of fused-ring (bicyclic) bond motifs is 4. The molecule has 0 aromatic rings. The van der Waals surface area contributed by atoms with Crippen LogP contribution in [-0.4, -0.2) is 94.5 Å². The number of hydrogen-bond donors (Lipinski definition) is 1. The van der Waals surface area contributed by atoms with Gasteiger partial charge in [-0.25, -0.2) is 0 Å². The summed E-state index contributed by atoms with van der Waals surface area (Å²) in [6, 6.07) is 0.267. The lowest BCUT2D eigenvalue weighted by molar-refractivity contribution is -0.312. The van der Waals surface area contributed by atoms with Crippen LogP contribution in [0.3, 0.4) is 0 Å². The van der Waals surface area contributed by atoms with Crippen molar-refractivity contribution in [3.63, 3.8) is 0 Å². The Balaban J connectivity index is 1.35. The summed E-state index contributed by atoms with van der Waals surface area (Å²) in [4.78, 5) is 6.18. The van der Waals surface area contributed by atoms with Gasteiger partial charge >= 0.3 is 0 Å². The second kappa shape index (κ2) is 10.1. The molecule has 0 radical (unpaired) electrons. The zero-order valence-corrected chi connectivity index (χ0v) is 21.6. The Bertz CT molecular complexity index is 665. The molecule has 2 heterocycles. The van der Waals surface area contributed by atoms with Crippen LogP contribution in [0.4, 0.5) is 0 Å². The Morgan fingerprint density at radius 2 is 1.59 bits per heavy atom. The van der Waals surface area contributed by atoms with E-state index >= 15 is 0 Å². The number of hydroxylamine groups is 2. The van der Waals surface area contributed by atoms with Gasteiger partial charge in [0.2, 0.25) is 0 Å². The number of nitrogens with zero attached hydrogens (tertiary/aromatic N) is 1. The molecule has 2 saturated heterocycles. The number of nitrogens with one attached hydrogen (secondary N) is 1. The first-order valence-electron chi connectivity index (χ1n) is 12.1. The van der Waals surface area contributed by atoms with Crippen LogP contribution >= 0.6 is 46.4 Å². The van der Waals surface area contributed by atoms with E-state index in [4.69, 9.17) is 65.5 Å². The average Bonchev–Trinajstić information content (AvgIpc) is 2.75. The van der Waals surface area contributed by atoms with Crippen molar-refractivity contribution in [2.24, 2.45) is 0 Å². The number of morpholine rings is 2. The van der Waals surface area contributed by atoms with Crippen LogP contribution in [0.2, 0.25) is 0 Å². The lowest BCUT2D eigenvalue weighted by atomic mass is 9.78. The van der Waals surface area contributed by atoms with Crippen LogP contribution in [0.15, 0.2) is 0 Å². The highest BCUT2D eigenvalue weighted by molar-refractivity contribution is 6.30. The molecule has 5 aliphatic rings. The number of halogens is 4. The summed E-state index contributed by atoms with van der Waals surface area (Å²) in [5.41, 5.74) is 0. The first-order valence-corrected chi connectivity index (χ1v) is 13.8. The lowest BCUT2D eigenvalue weighted by Gasteiger charge is -2.59. The molecule has 0 bridgehead atoms. The van der Waals surface area contributed by atoms with Gasteiger partial charge in [0.25, 0.3) is 0 Å². The summed E-state index contributed by atoms with van der Waals surface area (Å²) in [7, 11) is 0. The van der Waals surface area contributed by atoms with E-state index in [-0.39, 0.29) is 76.2 Å². The van der Waals surface area contributed by atoms with E-state index in [2.05, 4.69) is 10.4 Å². The predicted molar refractivity (Wildman–Crippen MR) is 126 cm³/mol. The van der Waals surface area contributed by atoms with E-state index in [0.717, 1.165) is 32.1 Å². The average molecular weight is 532 g/mol. The quantitative estimate of drug-likeness (QED) is 0.559. The van der Waals surface area contributed by atoms with Gasteiger partial charge in [0, 0.05) is 25.1 Å². The third-order valence-corrected chi connectivity index (χ3v) is 9.89. The molecule has 13 unspecified atom stereocenters. The fourth-order valence-electron chi connectivity index (χ4n) is 6.44. The van der Waals surface area contributed by atoms with Gasteiger partial charge < -0.3 is 19.5 Å². The molecule has 3 aliphatic carbocycles. The second-order valence-corrected chi connectivity index (χ2v) is 11.9. The third-order valence-electron chi connectivity index (χ3n) is 7.83. The Morgan fingerprint density at radius 1 is 0.812 bits per heavy atom. The monoisotopic (exact) mass is 530 g/mol. The lowest BCUT2D eigenvalue weighted by Crippen LogP contribution is -2.75. The summed E-state index contributed by atoms with van der Waals surface area (Å²) < 4.78 is 19.2. The Morgan fingerprint density at radius 3 is 2.34 bits per heavy atom. The molecule has 2 aliphatic heterocycles. The molecular weight excluding hydrogens is 498 g/mol. The van der Waals surface area contributed by atoms with Gasteiger partial charge in [-0.1, -0.05) is 0 Å². The van der Waals surface area contributed by atoms with Gasteiger partial charge in [-0.05, 0) is 39.5 Å². The van der Waals surface area contributed by atoms with E-state index in [9.17, 15) is 0 Å². The zero-order valence-electron chi connectivity index (χ0n) is 18.5. The molecule has 0 amide bonds. The first kappa shape index (κ1) is 24.6. The van der Waals surface area contributed by atoms with Crippen LogP contribution in [0.25, 0.3) is 0 Å². The molecule has 1 N–H and O–H groups in total. The maximum Gasteiger partial charge on any atom is 0.0914 e. The molecule has 5 rings (SSSR count). The van der Waals surface area contributed by atoms with E-state index in [1.165, 1.54) is 0 Å². The Hall–Kier alpha value is 0.920. The fraction of sp³-hybridized carbons (Fsp3) is 1.00. The van der Waals surface area contributed by atoms with Crippen molar-refractivity contribution in [1.29, 1.82) is 0 Å². The number of ether oxygens (including phenoxy) is 3. The van der Waals surface area contributed by atoms with E-state index < -0.39 is 0 Å². The molecular formula is C22H34Cl4N2O4. The number of hydrogen-bond acceptors (Lipinski definition) is 6. The highest BCUT2D eigenvalue weighted by atomic mass is 35.5. The summed E-state index contributed by atoms with van der Waals surface area (Å²) >= 11 is 26.8. The molecule has 0 spiro atoms.